The third-order valence-corrected chi connectivity index (χ3v) is 5.59. The smallest absolute Gasteiger partial charge is 0.395 e. The van der Waals surface area contributed by atoms with Crippen LogP contribution in [0.1, 0.15) is 36.2 Å². The lowest BCUT2D eigenvalue weighted by molar-refractivity contribution is -0.402. The summed E-state index contributed by atoms with van der Waals surface area (Å²) in [6, 6.07) is 12.9. The quantitative estimate of drug-likeness (QED) is 0.456. The molecule has 0 saturated heterocycles. The van der Waals surface area contributed by atoms with Gasteiger partial charge in [-0.1, -0.05) is 18.2 Å². The van der Waals surface area contributed by atoms with Crippen LogP contribution in [0.2, 0.25) is 0 Å². The lowest BCUT2D eigenvalue weighted by atomic mass is 9.91. The van der Waals surface area contributed by atoms with E-state index in [2.05, 4.69) is 27.7 Å². The zero-order chi connectivity index (χ0) is 22.0. The van der Waals surface area contributed by atoms with E-state index in [9.17, 15) is 14.9 Å². The predicted octanol–water partition coefficient (Wildman–Crippen LogP) is 3.96. The minimum absolute atomic E-state index is 0.0107. The van der Waals surface area contributed by atoms with Crippen molar-refractivity contribution in [3.8, 4) is 0 Å². The molecular formula is C22H25N5O4. The van der Waals surface area contributed by atoms with Crippen LogP contribution in [0.25, 0.3) is 10.9 Å². The zero-order valence-electron chi connectivity index (χ0n) is 17.5. The van der Waals surface area contributed by atoms with E-state index in [1.165, 1.54) is 12.1 Å². The molecule has 1 aliphatic rings. The fourth-order valence-electron chi connectivity index (χ4n) is 4.00. The number of anilines is 2. The first-order valence-electron chi connectivity index (χ1n) is 10.3. The molecular weight excluding hydrogens is 398 g/mol. The number of hydrogen-bond acceptors (Lipinski definition) is 7. The van der Waals surface area contributed by atoms with Crippen LogP contribution in [0.4, 0.5) is 17.4 Å². The summed E-state index contributed by atoms with van der Waals surface area (Å²) in [5.41, 5.74) is 2.06. The average molecular weight is 423 g/mol. The maximum Gasteiger partial charge on any atom is 0.433 e. The number of rotatable bonds is 6. The number of fused-ring (bicyclic) bond motifs is 1. The molecule has 9 nitrogen and oxygen atoms in total. The number of aromatic nitrogens is 1. The van der Waals surface area contributed by atoms with Crippen LogP contribution in [-0.4, -0.2) is 42.0 Å². The molecule has 1 fully saturated rings. The van der Waals surface area contributed by atoms with E-state index < -0.39 is 16.7 Å². The number of pyridine rings is 1. The molecule has 2 N–H and O–H groups in total. The molecule has 1 amide bonds. The van der Waals surface area contributed by atoms with Crippen molar-refractivity contribution < 1.29 is 14.1 Å². The first-order valence-corrected chi connectivity index (χ1v) is 10.3. The molecule has 1 aliphatic carbocycles. The summed E-state index contributed by atoms with van der Waals surface area (Å²) in [4.78, 5) is 29.2. The third kappa shape index (κ3) is 4.60. The number of carbonyl (C=O) groups excluding carboxylic acids is 1. The number of para-hydroxylation sites is 1. The summed E-state index contributed by atoms with van der Waals surface area (Å²) < 4.78 is 4.98. The Balaban J connectivity index is 1.36. The standard InChI is InChI=1S/C22H25N5O4/c1-26(2)18-13-20(25-17-6-4-3-5-16(17)18)23-14-7-9-15(10-8-14)24-22(28)19-11-12-21(31-19)27(29)30/h3-6,11-15H,7-10H2,1-2H3,(H,23,25)(H,24,28). The lowest BCUT2D eigenvalue weighted by Crippen LogP contribution is -2.40. The van der Waals surface area contributed by atoms with Gasteiger partial charge in [0.15, 0.2) is 5.76 Å². The fraction of sp³-hybridized carbons (Fsp3) is 0.364. The molecule has 2 aromatic heterocycles. The number of amides is 1. The fourth-order valence-corrected chi connectivity index (χ4v) is 4.00. The summed E-state index contributed by atoms with van der Waals surface area (Å²) in [7, 11) is 4.04. The maximum atomic E-state index is 12.3. The van der Waals surface area contributed by atoms with E-state index in [-0.39, 0.29) is 17.8 Å². The molecule has 1 aromatic carbocycles. The molecule has 2 heterocycles. The summed E-state index contributed by atoms with van der Waals surface area (Å²) >= 11 is 0. The zero-order valence-corrected chi connectivity index (χ0v) is 17.5. The van der Waals surface area contributed by atoms with Crippen LogP contribution >= 0.6 is 0 Å². The van der Waals surface area contributed by atoms with Gasteiger partial charge in [0.1, 0.15) is 10.7 Å². The van der Waals surface area contributed by atoms with E-state index in [0.29, 0.717) is 0 Å². The van der Waals surface area contributed by atoms with Crippen molar-refractivity contribution in [1.29, 1.82) is 0 Å². The normalized spacial score (nSPS) is 18.5. The Kier molecular flexibility index (Phi) is 5.75. The Hall–Kier alpha value is -3.62. The third-order valence-electron chi connectivity index (χ3n) is 5.59. The molecule has 0 spiro atoms. The molecule has 0 atom stereocenters. The summed E-state index contributed by atoms with van der Waals surface area (Å²) in [6.07, 6.45) is 3.38. The summed E-state index contributed by atoms with van der Waals surface area (Å²) in [6.45, 7) is 0. The SMILES string of the molecule is CN(C)c1cc(NC2CCC(NC(=O)c3ccc([N+](=O)[O-])o3)CC2)nc2ccccc12. The Morgan fingerprint density at radius 3 is 2.52 bits per heavy atom. The Bertz CT molecular complexity index is 1100. The van der Waals surface area contributed by atoms with Crippen molar-refractivity contribution in [3.63, 3.8) is 0 Å². The van der Waals surface area contributed by atoms with Crippen LogP contribution in [-0.2, 0) is 0 Å². The van der Waals surface area contributed by atoms with Gasteiger partial charge in [-0.15, -0.1) is 0 Å². The molecule has 0 bridgehead atoms. The molecule has 0 radical (unpaired) electrons. The summed E-state index contributed by atoms with van der Waals surface area (Å²) in [5, 5.41) is 18.3. The average Bonchev–Trinajstić information content (AvgIpc) is 3.25. The van der Waals surface area contributed by atoms with E-state index >= 15 is 0 Å². The van der Waals surface area contributed by atoms with Crippen LogP contribution in [0.5, 0.6) is 0 Å². The first kappa shape index (κ1) is 20.6. The second-order valence-corrected chi connectivity index (χ2v) is 8.00. The number of furan rings is 1. The van der Waals surface area contributed by atoms with E-state index in [4.69, 9.17) is 9.40 Å². The number of carbonyl (C=O) groups is 1. The second kappa shape index (κ2) is 8.63. The number of nitrogens with zero attached hydrogens (tertiary/aromatic N) is 3. The molecule has 1 saturated carbocycles. The van der Waals surface area contributed by atoms with Crippen molar-refractivity contribution in [2.45, 2.75) is 37.8 Å². The van der Waals surface area contributed by atoms with Crippen LogP contribution in [0.15, 0.2) is 46.9 Å². The van der Waals surface area contributed by atoms with Gasteiger partial charge in [0.2, 0.25) is 0 Å². The minimum Gasteiger partial charge on any atom is -0.395 e. The Labute approximate surface area is 179 Å². The van der Waals surface area contributed by atoms with Gasteiger partial charge in [-0.3, -0.25) is 14.9 Å². The molecule has 4 rings (SSSR count). The lowest BCUT2D eigenvalue weighted by Gasteiger charge is -2.30. The topological polar surface area (TPSA) is 114 Å². The number of hydrogen-bond donors (Lipinski definition) is 2. The van der Waals surface area contributed by atoms with Crippen molar-refractivity contribution in [3.05, 3.63) is 58.3 Å². The molecule has 9 heteroatoms. The number of benzene rings is 1. The van der Waals surface area contributed by atoms with Gasteiger partial charge in [-0.05, 0) is 37.8 Å². The highest BCUT2D eigenvalue weighted by Gasteiger charge is 2.25. The Morgan fingerprint density at radius 1 is 1.13 bits per heavy atom. The van der Waals surface area contributed by atoms with Crippen molar-refractivity contribution in [2.75, 3.05) is 24.3 Å². The van der Waals surface area contributed by atoms with Crippen molar-refractivity contribution in [1.82, 2.24) is 10.3 Å². The first-order chi connectivity index (χ1) is 14.9. The van der Waals surface area contributed by atoms with Crippen molar-refractivity contribution in [2.24, 2.45) is 0 Å². The van der Waals surface area contributed by atoms with E-state index in [1.807, 2.05) is 32.3 Å². The second-order valence-electron chi connectivity index (χ2n) is 8.00. The van der Waals surface area contributed by atoms with E-state index in [1.54, 1.807) is 0 Å². The van der Waals surface area contributed by atoms with Gasteiger partial charge in [0.25, 0.3) is 5.91 Å². The number of nitro groups is 1. The van der Waals surface area contributed by atoms with Crippen LogP contribution in [0, 0.1) is 10.1 Å². The highest BCUT2D eigenvalue weighted by molar-refractivity contribution is 5.93. The van der Waals surface area contributed by atoms with Gasteiger partial charge in [-0.2, -0.15) is 0 Å². The van der Waals surface area contributed by atoms with Gasteiger partial charge in [-0.25, -0.2) is 4.98 Å². The predicted molar refractivity (Wildman–Crippen MR) is 119 cm³/mol. The monoisotopic (exact) mass is 423 g/mol. The van der Waals surface area contributed by atoms with Gasteiger partial charge in [0, 0.05) is 43.3 Å². The van der Waals surface area contributed by atoms with Crippen LogP contribution in [0.3, 0.4) is 0 Å². The van der Waals surface area contributed by atoms with Gasteiger partial charge < -0.3 is 20.0 Å². The minimum atomic E-state index is -0.657. The molecule has 0 unspecified atom stereocenters. The molecule has 3 aromatic rings. The van der Waals surface area contributed by atoms with Crippen molar-refractivity contribution >= 4 is 34.2 Å². The van der Waals surface area contributed by atoms with Gasteiger partial charge >= 0.3 is 5.88 Å². The van der Waals surface area contributed by atoms with E-state index in [0.717, 1.165) is 48.1 Å². The molecule has 0 aliphatic heterocycles. The van der Waals surface area contributed by atoms with Gasteiger partial charge in [0.05, 0.1) is 11.6 Å². The maximum absolute atomic E-state index is 12.3. The molecule has 31 heavy (non-hydrogen) atoms. The largest absolute Gasteiger partial charge is 0.433 e. The molecule has 162 valence electrons. The highest BCUT2D eigenvalue weighted by Crippen LogP contribution is 2.29. The van der Waals surface area contributed by atoms with Crippen LogP contribution < -0.4 is 15.5 Å². The Morgan fingerprint density at radius 2 is 1.84 bits per heavy atom. The summed E-state index contributed by atoms with van der Waals surface area (Å²) in [5.74, 6) is -0.0457. The number of nitrogens with one attached hydrogen (secondary N) is 2. The highest BCUT2D eigenvalue weighted by atomic mass is 16.6.